The van der Waals surface area contributed by atoms with Gasteiger partial charge in [0.05, 0.1) is 5.69 Å². The lowest BCUT2D eigenvalue weighted by Crippen LogP contribution is -2.42. The number of rotatable bonds is 6. The quantitative estimate of drug-likeness (QED) is 0.733. The second-order valence-electron chi connectivity index (χ2n) is 8.45. The zero-order valence-corrected chi connectivity index (χ0v) is 17.6. The number of hydrogen-bond acceptors (Lipinski definition) is 5. The molecule has 2 aliphatic heterocycles. The molecule has 0 saturated carbocycles. The van der Waals surface area contributed by atoms with Crippen LogP contribution in [-0.2, 0) is 11.3 Å². The topological polar surface area (TPSA) is 71.3 Å². The Morgan fingerprint density at radius 1 is 0.900 bits per heavy atom. The minimum Gasteiger partial charge on any atom is -0.341 e. The van der Waals surface area contributed by atoms with Gasteiger partial charge in [-0.05, 0) is 62.9 Å². The predicted octanol–water partition coefficient (Wildman–Crippen LogP) is 2.42. The van der Waals surface area contributed by atoms with Gasteiger partial charge in [-0.15, -0.1) is 0 Å². The number of pyridine rings is 1. The average molecular weight is 410 g/mol. The summed E-state index contributed by atoms with van der Waals surface area (Å²) in [6.07, 6.45) is 9.64. The first-order valence-corrected chi connectivity index (χ1v) is 11.2. The SMILES string of the molecule is O=C1CCCCCN1CCN1CCC(Cn2nc(-c3ccncc3)ccc2=O)CC1. The van der Waals surface area contributed by atoms with Gasteiger partial charge >= 0.3 is 0 Å². The summed E-state index contributed by atoms with van der Waals surface area (Å²) in [5.41, 5.74) is 1.73. The number of likely N-dealkylation sites (tertiary alicyclic amines) is 2. The average Bonchev–Trinajstić information content (AvgIpc) is 2.99. The first-order chi connectivity index (χ1) is 14.7. The maximum atomic E-state index is 12.3. The van der Waals surface area contributed by atoms with E-state index in [0.717, 1.165) is 69.7 Å². The molecule has 0 unspecified atom stereocenters. The Morgan fingerprint density at radius 2 is 1.70 bits per heavy atom. The van der Waals surface area contributed by atoms with E-state index in [0.29, 0.717) is 24.8 Å². The molecule has 0 bridgehead atoms. The van der Waals surface area contributed by atoms with Gasteiger partial charge in [0.2, 0.25) is 5.91 Å². The lowest BCUT2D eigenvalue weighted by Gasteiger charge is -2.33. The van der Waals surface area contributed by atoms with Crippen molar-refractivity contribution in [3.8, 4) is 11.3 Å². The lowest BCUT2D eigenvalue weighted by atomic mass is 9.97. The summed E-state index contributed by atoms with van der Waals surface area (Å²) >= 11 is 0. The minimum atomic E-state index is -0.0464. The lowest BCUT2D eigenvalue weighted by molar-refractivity contribution is -0.130. The normalized spacial score (nSPS) is 19.1. The van der Waals surface area contributed by atoms with E-state index in [2.05, 4.69) is 15.0 Å². The molecule has 0 atom stereocenters. The molecular formula is C23H31N5O2. The van der Waals surface area contributed by atoms with Crippen LogP contribution in [0.1, 0.15) is 38.5 Å². The van der Waals surface area contributed by atoms with Crippen molar-refractivity contribution >= 4 is 5.91 Å². The van der Waals surface area contributed by atoms with Gasteiger partial charge in [0.25, 0.3) is 5.56 Å². The summed E-state index contributed by atoms with van der Waals surface area (Å²) in [5.74, 6) is 0.779. The van der Waals surface area contributed by atoms with E-state index < -0.39 is 0 Å². The van der Waals surface area contributed by atoms with Crippen LogP contribution in [0.25, 0.3) is 11.3 Å². The molecule has 0 radical (unpaired) electrons. The second kappa shape index (κ2) is 9.98. The highest BCUT2D eigenvalue weighted by Crippen LogP contribution is 2.20. The molecule has 4 rings (SSSR count). The van der Waals surface area contributed by atoms with E-state index in [1.807, 2.05) is 17.0 Å². The Labute approximate surface area is 177 Å². The molecule has 2 saturated heterocycles. The molecule has 0 aromatic carbocycles. The van der Waals surface area contributed by atoms with Gasteiger partial charge in [0.1, 0.15) is 0 Å². The van der Waals surface area contributed by atoms with Crippen LogP contribution in [0.2, 0.25) is 0 Å². The predicted molar refractivity (Wildman–Crippen MR) is 116 cm³/mol. The Bertz CT molecular complexity index is 890. The molecule has 0 N–H and O–H groups in total. The van der Waals surface area contributed by atoms with Crippen molar-refractivity contribution in [2.24, 2.45) is 5.92 Å². The summed E-state index contributed by atoms with van der Waals surface area (Å²) in [6.45, 7) is 5.41. The first kappa shape index (κ1) is 20.7. The monoisotopic (exact) mass is 409 g/mol. The maximum absolute atomic E-state index is 12.3. The van der Waals surface area contributed by atoms with Crippen LogP contribution in [0.3, 0.4) is 0 Å². The van der Waals surface area contributed by atoms with Gasteiger partial charge in [-0.25, -0.2) is 4.68 Å². The van der Waals surface area contributed by atoms with Crippen LogP contribution in [0.15, 0.2) is 41.5 Å². The molecule has 160 valence electrons. The molecule has 2 fully saturated rings. The molecule has 7 nitrogen and oxygen atoms in total. The zero-order valence-electron chi connectivity index (χ0n) is 17.6. The Balaban J connectivity index is 1.29. The fourth-order valence-corrected chi connectivity index (χ4v) is 4.43. The van der Waals surface area contributed by atoms with Crippen LogP contribution >= 0.6 is 0 Å². The number of hydrogen-bond donors (Lipinski definition) is 0. The van der Waals surface area contributed by atoms with Crippen molar-refractivity contribution < 1.29 is 4.79 Å². The van der Waals surface area contributed by atoms with Crippen LogP contribution in [0.4, 0.5) is 0 Å². The molecule has 4 heterocycles. The van der Waals surface area contributed by atoms with E-state index in [4.69, 9.17) is 0 Å². The number of amides is 1. The van der Waals surface area contributed by atoms with Crippen molar-refractivity contribution in [3.63, 3.8) is 0 Å². The van der Waals surface area contributed by atoms with Crippen LogP contribution in [-0.4, -0.2) is 63.2 Å². The van der Waals surface area contributed by atoms with E-state index in [-0.39, 0.29) is 5.56 Å². The third-order valence-corrected chi connectivity index (χ3v) is 6.34. The van der Waals surface area contributed by atoms with E-state index in [1.54, 1.807) is 29.2 Å². The Kier molecular flexibility index (Phi) is 6.89. The second-order valence-corrected chi connectivity index (χ2v) is 8.45. The first-order valence-electron chi connectivity index (χ1n) is 11.2. The van der Waals surface area contributed by atoms with Gasteiger partial charge in [-0.2, -0.15) is 5.10 Å². The molecule has 7 heteroatoms. The summed E-state index contributed by atoms with van der Waals surface area (Å²) in [5, 5.41) is 4.59. The number of carbonyl (C=O) groups excluding carboxylic acids is 1. The minimum absolute atomic E-state index is 0.0464. The highest BCUT2D eigenvalue weighted by Gasteiger charge is 2.22. The van der Waals surface area contributed by atoms with Crippen molar-refractivity contribution in [2.45, 2.75) is 45.1 Å². The Morgan fingerprint density at radius 3 is 2.50 bits per heavy atom. The number of piperidine rings is 1. The molecule has 2 aromatic heterocycles. The molecule has 30 heavy (non-hydrogen) atoms. The number of aromatic nitrogens is 3. The molecule has 0 spiro atoms. The molecule has 2 aliphatic rings. The number of carbonyl (C=O) groups is 1. The van der Waals surface area contributed by atoms with E-state index in [9.17, 15) is 9.59 Å². The molecular weight excluding hydrogens is 378 g/mol. The van der Waals surface area contributed by atoms with Gasteiger partial charge in [0.15, 0.2) is 0 Å². The van der Waals surface area contributed by atoms with Crippen molar-refractivity contribution in [1.82, 2.24) is 24.6 Å². The van der Waals surface area contributed by atoms with Gasteiger partial charge in [-0.3, -0.25) is 14.6 Å². The third kappa shape index (κ3) is 5.33. The molecule has 1 amide bonds. The van der Waals surface area contributed by atoms with Crippen molar-refractivity contribution in [3.05, 3.63) is 47.0 Å². The Hall–Kier alpha value is -2.54. The van der Waals surface area contributed by atoms with Crippen LogP contribution in [0, 0.1) is 5.92 Å². The fourth-order valence-electron chi connectivity index (χ4n) is 4.43. The van der Waals surface area contributed by atoms with E-state index in [1.165, 1.54) is 6.42 Å². The van der Waals surface area contributed by atoms with Gasteiger partial charge in [0, 0.05) is 56.6 Å². The zero-order chi connectivity index (χ0) is 20.8. The molecule has 2 aromatic rings. The number of nitrogens with zero attached hydrogens (tertiary/aromatic N) is 5. The smallest absolute Gasteiger partial charge is 0.266 e. The maximum Gasteiger partial charge on any atom is 0.266 e. The van der Waals surface area contributed by atoms with Gasteiger partial charge in [-0.1, -0.05) is 6.42 Å². The van der Waals surface area contributed by atoms with Crippen molar-refractivity contribution in [1.29, 1.82) is 0 Å². The highest BCUT2D eigenvalue weighted by atomic mass is 16.2. The largest absolute Gasteiger partial charge is 0.341 e. The van der Waals surface area contributed by atoms with Crippen LogP contribution < -0.4 is 5.56 Å². The van der Waals surface area contributed by atoms with Crippen molar-refractivity contribution in [2.75, 3.05) is 32.7 Å². The van der Waals surface area contributed by atoms with E-state index >= 15 is 0 Å². The summed E-state index contributed by atoms with van der Waals surface area (Å²) in [6, 6.07) is 7.20. The van der Waals surface area contributed by atoms with Crippen LogP contribution in [0.5, 0.6) is 0 Å². The third-order valence-electron chi connectivity index (χ3n) is 6.34. The fraction of sp³-hybridized carbons (Fsp3) is 0.565. The summed E-state index contributed by atoms with van der Waals surface area (Å²) < 4.78 is 1.62. The molecule has 0 aliphatic carbocycles. The summed E-state index contributed by atoms with van der Waals surface area (Å²) in [4.78, 5) is 33.0. The summed E-state index contributed by atoms with van der Waals surface area (Å²) in [7, 11) is 0. The standard InChI is InChI=1S/C23H31N5O2/c29-22-4-2-1-3-13-27(22)17-16-26-14-9-19(10-15-26)18-28-23(30)6-5-21(25-28)20-7-11-24-12-8-20/h5-8,11-12,19H,1-4,9-10,13-18H2. The van der Waals surface area contributed by atoms with Gasteiger partial charge < -0.3 is 9.80 Å². The highest BCUT2D eigenvalue weighted by molar-refractivity contribution is 5.76.